The molecule has 0 aliphatic heterocycles. The fraction of sp³-hybridized carbons (Fsp3) is 0.0556. The fourth-order valence-electron chi connectivity index (χ4n) is 2.13. The van der Waals surface area contributed by atoms with Crippen LogP contribution in [0.1, 0.15) is 5.56 Å². The van der Waals surface area contributed by atoms with Crippen molar-refractivity contribution >= 4 is 17.0 Å². The second kappa shape index (κ2) is 6.18. The number of hydrogen-bond donors (Lipinski definition) is 0. The van der Waals surface area contributed by atoms with Crippen LogP contribution >= 0.6 is 0 Å². The number of pyridine rings is 1. The second-order valence-electron chi connectivity index (χ2n) is 4.57. The maximum atomic E-state index is 13.6. The first-order valence-electron chi connectivity index (χ1n) is 6.72. The number of para-hydroxylation sites is 1. The average Bonchev–Trinajstić information content (AvgIpc) is 2.53. The smallest absolute Gasteiger partial charge is 0.149 e. The number of nitrogens with zero attached hydrogens (tertiary/aromatic N) is 1. The Morgan fingerprint density at radius 1 is 1.00 bits per heavy atom. The summed E-state index contributed by atoms with van der Waals surface area (Å²) in [6.07, 6.45) is 5.48. The van der Waals surface area contributed by atoms with Crippen LogP contribution in [0.3, 0.4) is 0 Å². The van der Waals surface area contributed by atoms with Crippen LogP contribution in [0.2, 0.25) is 0 Å². The average molecular weight is 279 g/mol. The minimum absolute atomic E-state index is 0.335. The summed E-state index contributed by atoms with van der Waals surface area (Å²) in [4.78, 5) is 4.04. The van der Waals surface area contributed by atoms with E-state index in [1.54, 1.807) is 18.3 Å². The topological polar surface area (TPSA) is 22.1 Å². The van der Waals surface area contributed by atoms with Crippen molar-refractivity contribution in [1.82, 2.24) is 4.98 Å². The van der Waals surface area contributed by atoms with Crippen LogP contribution in [0.25, 0.3) is 17.0 Å². The standard InChI is InChI=1S/C18H14FNO/c19-16-10-4-9-15-17(11-12-20-18(15)16)21-13-5-8-14-6-2-1-3-7-14/h1-12H,13H2. The van der Waals surface area contributed by atoms with Gasteiger partial charge in [0.2, 0.25) is 0 Å². The zero-order valence-electron chi connectivity index (χ0n) is 11.4. The van der Waals surface area contributed by atoms with E-state index in [0.29, 0.717) is 23.3 Å². The van der Waals surface area contributed by atoms with Crippen molar-refractivity contribution in [1.29, 1.82) is 0 Å². The van der Waals surface area contributed by atoms with Gasteiger partial charge < -0.3 is 4.74 Å². The van der Waals surface area contributed by atoms with Gasteiger partial charge in [-0.2, -0.15) is 0 Å². The maximum absolute atomic E-state index is 13.6. The molecule has 21 heavy (non-hydrogen) atoms. The zero-order valence-corrected chi connectivity index (χ0v) is 11.4. The summed E-state index contributed by atoms with van der Waals surface area (Å²) in [6.45, 7) is 0.421. The third-order valence-electron chi connectivity index (χ3n) is 3.13. The third-order valence-corrected chi connectivity index (χ3v) is 3.13. The number of fused-ring (bicyclic) bond motifs is 1. The molecule has 2 aromatic carbocycles. The Labute approximate surface area is 122 Å². The van der Waals surface area contributed by atoms with Crippen molar-refractivity contribution < 1.29 is 9.13 Å². The van der Waals surface area contributed by atoms with Gasteiger partial charge in [-0.05, 0) is 29.8 Å². The number of hydrogen-bond acceptors (Lipinski definition) is 2. The summed E-state index contributed by atoms with van der Waals surface area (Å²) in [5, 5.41) is 0.686. The van der Waals surface area contributed by atoms with Gasteiger partial charge in [0.15, 0.2) is 0 Å². The Morgan fingerprint density at radius 2 is 1.86 bits per heavy atom. The summed E-state index contributed by atoms with van der Waals surface area (Å²) in [5.74, 6) is 0.301. The number of halogens is 1. The molecule has 3 rings (SSSR count). The van der Waals surface area contributed by atoms with E-state index in [4.69, 9.17) is 4.74 Å². The lowest BCUT2D eigenvalue weighted by Crippen LogP contribution is -1.95. The molecule has 0 aliphatic rings. The van der Waals surface area contributed by atoms with Crippen molar-refractivity contribution in [2.24, 2.45) is 0 Å². The first kappa shape index (κ1) is 13.3. The molecule has 3 aromatic rings. The highest BCUT2D eigenvalue weighted by molar-refractivity contribution is 5.85. The van der Waals surface area contributed by atoms with E-state index >= 15 is 0 Å². The molecule has 0 N–H and O–H groups in total. The van der Waals surface area contributed by atoms with Gasteiger partial charge in [0.1, 0.15) is 23.7 Å². The minimum Gasteiger partial charge on any atom is -0.489 e. The van der Waals surface area contributed by atoms with Crippen LogP contribution in [0.15, 0.2) is 66.9 Å². The first-order chi connectivity index (χ1) is 10.3. The largest absolute Gasteiger partial charge is 0.489 e. The Bertz CT molecular complexity index is 769. The van der Waals surface area contributed by atoms with Crippen LogP contribution in [-0.2, 0) is 0 Å². The summed E-state index contributed by atoms with van der Waals surface area (Å²) in [6, 6.07) is 16.6. The molecular formula is C18H14FNO. The predicted octanol–water partition coefficient (Wildman–Crippen LogP) is 4.47. The van der Waals surface area contributed by atoms with E-state index in [1.165, 1.54) is 6.07 Å². The van der Waals surface area contributed by atoms with Gasteiger partial charge >= 0.3 is 0 Å². The van der Waals surface area contributed by atoms with Crippen molar-refractivity contribution in [3.05, 3.63) is 78.3 Å². The van der Waals surface area contributed by atoms with Crippen LogP contribution in [0, 0.1) is 5.82 Å². The van der Waals surface area contributed by atoms with E-state index in [9.17, 15) is 4.39 Å². The van der Waals surface area contributed by atoms with Crippen LogP contribution in [0.4, 0.5) is 4.39 Å². The van der Waals surface area contributed by atoms with Gasteiger partial charge in [-0.15, -0.1) is 0 Å². The molecule has 0 aliphatic carbocycles. The van der Waals surface area contributed by atoms with E-state index in [0.717, 1.165) is 5.56 Å². The summed E-state index contributed by atoms with van der Waals surface area (Å²) in [7, 11) is 0. The van der Waals surface area contributed by atoms with Crippen molar-refractivity contribution in [3.63, 3.8) is 0 Å². The van der Waals surface area contributed by atoms with Gasteiger partial charge in [-0.1, -0.05) is 42.5 Å². The van der Waals surface area contributed by atoms with Crippen molar-refractivity contribution in [2.75, 3.05) is 6.61 Å². The number of ether oxygens (including phenoxy) is 1. The minimum atomic E-state index is -0.335. The normalized spacial score (nSPS) is 11.1. The molecule has 0 unspecified atom stereocenters. The SMILES string of the molecule is Fc1cccc2c(OCC=Cc3ccccc3)ccnc12. The van der Waals surface area contributed by atoms with E-state index in [-0.39, 0.29) is 5.82 Å². The van der Waals surface area contributed by atoms with Crippen molar-refractivity contribution in [2.45, 2.75) is 0 Å². The van der Waals surface area contributed by atoms with Crippen LogP contribution in [0.5, 0.6) is 5.75 Å². The molecule has 0 amide bonds. The molecule has 0 bridgehead atoms. The summed E-state index contributed by atoms with van der Waals surface area (Å²) >= 11 is 0. The molecule has 1 heterocycles. The van der Waals surface area contributed by atoms with E-state index < -0.39 is 0 Å². The number of aromatic nitrogens is 1. The summed E-state index contributed by atoms with van der Waals surface area (Å²) < 4.78 is 19.3. The van der Waals surface area contributed by atoms with Gasteiger partial charge in [-0.25, -0.2) is 4.39 Å². The molecule has 1 aromatic heterocycles. The Morgan fingerprint density at radius 3 is 2.71 bits per heavy atom. The third kappa shape index (κ3) is 3.08. The monoisotopic (exact) mass is 279 g/mol. The van der Waals surface area contributed by atoms with Crippen LogP contribution < -0.4 is 4.74 Å². The maximum Gasteiger partial charge on any atom is 0.149 e. The summed E-state index contributed by atoms with van der Waals surface area (Å²) in [5.41, 5.74) is 1.45. The highest BCUT2D eigenvalue weighted by atomic mass is 19.1. The molecule has 0 fully saturated rings. The molecule has 104 valence electrons. The second-order valence-corrected chi connectivity index (χ2v) is 4.57. The van der Waals surface area contributed by atoms with Crippen molar-refractivity contribution in [3.8, 4) is 5.75 Å². The molecule has 0 spiro atoms. The molecule has 2 nitrogen and oxygen atoms in total. The van der Waals surface area contributed by atoms with Gasteiger partial charge in [0.25, 0.3) is 0 Å². The van der Waals surface area contributed by atoms with Gasteiger partial charge in [0.05, 0.1) is 0 Å². The highest BCUT2D eigenvalue weighted by Gasteiger charge is 2.05. The fourth-order valence-corrected chi connectivity index (χ4v) is 2.13. The molecule has 0 saturated heterocycles. The Kier molecular flexibility index (Phi) is 3.92. The van der Waals surface area contributed by atoms with E-state index in [1.807, 2.05) is 48.6 Å². The lowest BCUT2D eigenvalue weighted by atomic mass is 10.2. The lowest BCUT2D eigenvalue weighted by molar-refractivity contribution is 0.367. The number of rotatable bonds is 4. The molecule has 0 radical (unpaired) electrons. The molecule has 0 atom stereocenters. The highest BCUT2D eigenvalue weighted by Crippen LogP contribution is 2.25. The molecule has 3 heteroatoms. The molecule has 0 saturated carbocycles. The Balaban J connectivity index is 1.74. The lowest BCUT2D eigenvalue weighted by Gasteiger charge is -2.07. The first-order valence-corrected chi connectivity index (χ1v) is 6.72. The predicted molar refractivity (Wildman–Crippen MR) is 82.7 cm³/mol. The molecular weight excluding hydrogens is 265 g/mol. The van der Waals surface area contributed by atoms with E-state index in [2.05, 4.69) is 4.98 Å². The zero-order chi connectivity index (χ0) is 14.5. The van der Waals surface area contributed by atoms with Crippen LogP contribution in [-0.4, -0.2) is 11.6 Å². The number of benzene rings is 2. The quantitative estimate of drug-likeness (QED) is 0.703. The Hall–Kier alpha value is -2.68. The van der Waals surface area contributed by atoms with Gasteiger partial charge in [-0.3, -0.25) is 4.98 Å². The van der Waals surface area contributed by atoms with Gasteiger partial charge in [0, 0.05) is 11.6 Å².